The van der Waals surface area contributed by atoms with Crippen molar-refractivity contribution in [3.8, 4) is 0 Å². The molecule has 0 saturated carbocycles. The molecule has 0 aliphatic rings. The summed E-state index contributed by atoms with van der Waals surface area (Å²) in [5.74, 6) is -71.4. The molecule has 5 aromatic rings. The average molecular weight is 935 g/mol. The molecule has 0 saturated heterocycles. The summed E-state index contributed by atoms with van der Waals surface area (Å²) >= 11 is 0. The van der Waals surface area contributed by atoms with E-state index in [1.54, 1.807) is 14.2 Å². The maximum atomic E-state index is 15.4. The Morgan fingerprint density at radius 1 is 0.333 bits per heavy atom. The van der Waals surface area contributed by atoms with Crippen molar-refractivity contribution in [2.45, 2.75) is 0 Å². The van der Waals surface area contributed by atoms with Gasteiger partial charge in [0.25, 0.3) is 0 Å². The number of nitrogens with one attached hydrogen (secondary N) is 1. The summed E-state index contributed by atoms with van der Waals surface area (Å²) in [6.45, 7) is 2.62. The number of quaternary nitrogens is 1. The fourth-order valence-corrected chi connectivity index (χ4v) is 6.03. The minimum atomic E-state index is -7.22. The van der Waals surface area contributed by atoms with E-state index in [-0.39, 0.29) is 0 Å². The zero-order valence-electron chi connectivity index (χ0n) is 32.1. The number of para-hydroxylation sites is 1. The summed E-state index contributed by atoms with van der Waals surface area (Å²) in [5, 5.41) is 0. The molecule has 0 fully saturated rings. The minimum Gasteiger partial charge on any atom is -0.382 e. The molecule has 0 aliphatic heterocycles. The molecule has 1 N–H and O–H groups in total. The van der Waals surface area contributed by atoms with E-state index < -0.39 is 144 Å². The topological polar surface area (TPSA) is 32.1 Å². The number of hydrogen-bond acceptors (Lipinski definition) is 3. The molecule has 0 radical (unpaired) electrons. The highest BCUT2D eigenvalue weighted by Gasteiger charge is 2.52. The van der Waals surface area contributed by atoms with Gasteiger partial charge >= 0.3 is 0 Å². The van der Waals surface area contributed by atoms with Crippen LogP contribution in [0.4, 0.5) is 93.5 Å². The first-order valence-corrected chi connectivity index (χ1v) is 17.1. The Hall–Kier alpha value is -5.40. The van der Waals surface area contributed by atoms with E-state index in [1.165, 1.54) is 10.6 Å². The fraction of sp³-hybridized carbons (Fsp3) is 0.211. The molecular weight excluding hydrogens is 909 g/mol. The van der Waals surface area contributed by atoms with Gasteiger partial charge in [0, 0.05) is 14.2 Å². The van der Waals surface area contributed by atoms with Crippen LogP contribution in [0.25, 0.3) is 0 Å². The molecule has 0 amide bonds. The average Bonchev–Trinajstić information content (AvgIpc) is 3.27. The number of halogens is 20. The first-order chi connectivity index (χ1) is 29.4. The van der Waals surface area contributed by atoms with Crippen molar-refractivity contribution >= 4 is 33.7 Å². The lowest BCUT2D eigenvalue weighted by molar-refractivity contribution is -0.786. The number of ether oxygens (including phenoxy) is 3. The zero-order chi connectivity index (χ0) is 48.0. The standard InChI is InChI=1S/C24BF20.C8H11N.C6H14O3/c26-5-1(6(27)14(35)21(42)13(5)34)25(2-7(28)15(36)22(43)16(37)8(2)29,3-9(30)17(38)23(44)18(39)10(3)31)4-11(32)19(40)24(45)20(41)12(4)33;1-9(2)8-6-4-3-5-7-8;1-7-3-5-9-6-4-8-2/h;3-7H,1-2H3;3-6H2,1-2H3/q-1;;/p+1. The molecule has 0 unspecified atom stereocenters. The molecule has 0 aromatic heterocycles. The van der Waals surface area contributed by atoms with Gasteiger partial charge < -0.3 is 19.1 Å². The third kappa shape index (κ3) is 9.60. The van der Waals surface area contributed by atoms with Gasteiger partial charge in [-0.25, -0.2) is 87.8 Å². The molecule has 0 atom stereocenters. The van der Waals surface area contributed by atoms with Gasteiger partial charge in [0.05, 0.1) is 40.5 Å². The molecule has 0 bridgehead atoms. The second-order valence-electron chi connectivity index (χ2n) is 12.8. The van der Waals surface area contributed by atoms with E-state index >= 15 is 35.1 Å². The van der Waals surface area contributed by atoms with Crippen molar-refractivity contribution in [2.75, 3.05) is 54.7 Å². The minimum absolute atomic E-state index is 0.653. The summed E-state index contributed by atoms with van der Waals surface area (Å²) in [6, 6.07) is 10.4. The van der Waals surface area contributed by atoms with Gasteiger partial charge in [-0.05, 0) is 12.1 Å². The van der Waals surface area contributed by atoms with E-state index in [1.807, 2.05) is 6.07 Å². The van der Waals surface area contributed by atoms with Gasteiger partial charge in [-0.3, -0.25) is 0 Å². The van der Waals surface area contributed by atoms with Gasteiger partial charge in [-0.2, -0.15) is 0 Å². The number of methoxy groups -OCH3 is 2. The second-order valence-corrected chi connectivity index (χ2v) is 12.8. The van der Waals surface area contributed by atoms with Crippen LogP contribution in [-0.4, -0.2) is 60.9 Å². The molecular formula is C38H26BF20NO3. The Kier molecular flexibility index (Phi) is 17.6. The number of benzene rings is 5. The first kappa shape index (κ1) is 52.0. The molecule has 25 heteroatoms. The van der Waals surface area contributed by atoms with Crippen molar-refractivity contribution in [1.82, 2.24) is 0 Å². The fourth-order valence-electron chi connectivity index (χ4n) is 6.03. The molecule has 344 valence electrons. The third-order valence-electron chi connectivity index (χ3n) is 8.92. The highest BCUT2D eigenvalue weighted by molar-refractivity contribution is 7.20. The lowest BCUT2D eigenvalue weighted by Crippen LogP contribution is -3.00. The van der Waals surface area contributed by atoms with Crippen LogP contribution in [0.5, 0.6) is 0 Å². The quantitative estimate of drug-likeness (QED) is 0.0533. The normalized spacial score (nSPS) is 11.4. The predicted molar refractivity (Wildman–Crippen MR) is 183 cm³/mol. The van der Waals surface area contributed by atoms with Crippen LogP contribution in [0, 0.1) is 116 Å². The lowest BCUT2D eigenvalue weighted by atomic mass is 9.12. The van der Waals surface area contributed by atoms with Crippen molar-refractivity contribution in [1.29, 1.82) is 0 Å². The Bertz CT molecular complexity index is 2070. The monoisotopic (exact) mass is 935 g/mol. The number of rotatable bonds is 11. The second kappa shape index (κ2) is 21.3. The van der Waals surface area contributed by atoms with Crippen LogP contribution in [0.1, 0.15) is 0 Å². The van der Waals surface area contributed by atoms with E-state index in [4.69, 9.17) is 14.2 Å². The highest BCUT2D eigenvalue weighted by Crippen LogP contribution is 2.30. The smallest absolute Gasteiger partial charge is 0.200 e. The molecule has 0 heterocycles. The highest BCUT2D eigenvalue weighted by atomic mass is 19.2. The molecule has 0 aliphatic carbocycles. The van der Waals surface area contributed by atoms with E-state index in [0.717, 1.165) is 0 Å². The van der Waals surface area contributed by atoms with E-state index in [0.29, 0.717) is 26.4 Å². The Labute approximate surface area is 342 Å². The van der Waals surface area contributed by atoms with Gasteiger partial charge in [-0.15, -0.1) is 21.9 Å². The maximum Gasteiger partial charge on any atom is 0.200 e. The summed E-state index contributed by atoms with van der Waals surface area (Å²) < 4.78 is 309. The largest absolute Gasteiger partial charge is 0.382 e. The zero-order valence-corrected chi connectivity index (χ0v) is 32.1. The van der Waals surface area contributed by atoms with Crippen molar-refractivity contribution in [3.63, 3.8) is 0 Å². The summed E-state index contributed by atoms with van der Waals surface area (Å²) in [7, 11) is 7.55. The Morgan fingerprint density at radius 2 is 0.540 bits per heavy atom. The Morgan fingerprint density at radius 3 is 0.714 bits per heavy atom. The molecule has 4 nitrogen and oxygen atoms in total. The maximum absolute atomic E-state index is 15.4. The van der Waals surface area contributed by atoms with Crippen LogP contribution < -0.4 is 26.8 Å². The van der Waals surface area contributed by atoms with Gasteiger partial charge in [0.15, 0.2) is 69.8 Å². The van der Waals surface area contributed by atoms with Crippen LogP contribution >= 0.6 is 0 Å². The molecule has 0 spiro atoms. The molecule has 63 heavy (non-hydrogen) atoms. The first-order valence-electron chi connectivity index (χ1n) is 17.1. The van der Waals surface area contributed by atoms with Crippen molar-refractivity contribution < 1.29 is 107 Å². The molecule has 5 rings (SSSR count). The lowest BCUT2D eigenvalue weighted by Gasteiger charge is -2.44. The van der Waals surface area contributed by atoms with Crippen LogP contribution in [0.2, 0.25) is 0 Å². The van der Waals surface area contributed by atoms with E-state index in [2.05, 4.69) is 38.4 Å². The van der Waals surface area contributed by atoms with Crippen LogP contribution in [0.15, 0.2) is 30.3 Å². The SMILES string of the molecule is COCCOCCOC.C[NH+](C)c1ccccc1.Fc1c(F)c(F)c([B-](c2c(F)c(F)c(F)c(F)c2F)(c2c(F)c(F)c(F)c(F)c2F)c2c(F)c(F)c(F)c(F)c2F)c(F)c1F. The number of hydrogen-bond donors (Lipinski definition) is 1. The Balaban J connectivity index is 0.000000484. The van der Waals surface area contributed by atoms with Crippen LogP contribution in [-0.2, 0) is 14.2 Å². The van der Waals surface area contributed by atoms with Crippen molar-refractivity contribution in [2.24, 2.45) is 0 Å². The summed E-state index contributed by atoms with van der Waals surface area (Å²) in [5.41, 5.74) is -13.0. The van der Waals surface area contributed by atoms with Crippen molar-refractivity contribution in [3.05, 3.63) is 147 Å². The van der Waals surface area contributed by atoms with Gasteiger partial charge in [0.1, 0.15) is 58.4 Å². The van der Waals surface area contributed by atoms with Gasteiger partial charge in [0.2, 0.25) is 0 Å². The summed E-state index contributed by atoms with van der Waals surface area (Å²) in [4.78, 5) is 1.37. The van der Waals surface area contributed by atoms with Crippen LogP contribution in [0.3, 0.4) is 0 Å². The van der Waals surface area contributed by atoms with Gasteiger partial charge in [-0.1, -0.05) is 18.2 Å². The predicted octanol–water partition coefficient (Wildman–Crippen LogP) is 6.60. The molecule has 5 aromatic carbocycles. The summed E-state index contributed by atoms with van der Waals surface area (Å²) in [6.07, 6.45) is -7.22. The van der Waals surface area contributed by atoms with E-state index in [9.17, 15) is 52.7 Å². The third-order valence-corrected chi connectivity index (χ3v) is 8.92.